The van der Waals surface area contributed by atoms with Crippen LogP contribution in [0.3, 0.4) is 0 Å². The standard InChI is InChI=1S/C13H14FNO4S/c1-15(10-4-5-10)20(18,19)12-6-2-9(8-11(12)14)3-7-13(16)17/h2-3,6-8,10H,4-5H2,1H3,(H,16,17)/b7-3+. The number of carboxylic acid groups (broad SMARTS) is 1. The molecule has 0 unspecified atom stereocenters. The van der Waals surface area contributed by atoms with Crippen molar-refractivity contribution in [2.45, 2.75) is 23.8 Å². The lowest BCUT2D eigenvalue weighted by molar-refractivity contribution is -0.131. The van der Waals surface area contributed by atoms with Gasteiger partial charge in [-0.05, 0) is 36.6 Å². The number of rotatable bonds is 5. The highest BCUT2D eigenvalue weighted by molar-refractivity contribution is 7.89. The van der Waals surface area contributed by atoms with Gasteiger partial charge in [0.1, 0.15) is 10.7 Å². The maximum Gasteiger partial charge on any atom is 0.328 e. The zero-order valence-corrected chi connectivity index (χ0v) is 11.6. The molecule has 0 radical (unpaired) electrons. The maximum absolute atomic E-state index is 13.9. The molecule has 1 aromatic carbocycles. The summed E-state index contributed by atoms with van der Waals surface area (Å²) < 4.78 is 39.5. The lowest BCUT2D eigenvalue weighted by atomic mass is 10.2. The van der Waals surface area contributed by atoms with Gasteiger partial charge in [0.25, 0.3) is 0 Å². The topological polar surface area (TPSA) is 74.7 Å². The van der Waals surface area contributed by atoms with Crippen LogP contribution in [0.25, 0.3) is 6.08 Å². The van der Waals surface area contributed by atoms with Crippen LogP contribution in [0.15, 0.2) is 29.2 Å². The number of benzene rings is 1. The SMILES string of the molecule is CN(C1CC1)S(=O)(=O)c1ccc(/C=C/C(=O)O)cc1F. The Morgan fingerprint density at radius 1 is 1.45 bits per heavy atom. The minimum Gasteiger partial charge on any atom is -0.478 e. The number of aliphatic carboxylic acids is 1. The van der Waals surface area contributed by atoms with E-state index in [1.165, 1.54) is 23.5 Å². The minimum absolute atomic E-state index is 0.0500. The third-order valence-electron chi connectivity index (χ3n) is 3.09. The van der Waals surface area contributed by atoms with Gasteiger partial charge in [0.05, 0.1) is 0 Å². The number of hydrogen-bond donors (Lipinski definition) is 1. The van der Waals surface area contributed by atoms with E-state index in [1.54, 1.807) is 0 Å². The van der Waals surface area contributed by atoms with Gasteiger partial charge in [-0.25, -0.2) is 17.6 Å². The second-order valence-corrected chi connectivity index (χ2v) is 6.58. The van der Waals surface area contributed by atoms with Crippen molar-refractivity contribution in [3.05, 3.63) is 35.7 Å². The summed E-state index contributed by atoms with van der Waals surface area (Å²) in [6.07, 6.45) is 3.64. The van der Waals surface area contributed by atoms with Gasteiger partial charge < -0.3 is 5.11 Å². The fraction of sp³-hybridized carbons (Fsp3) is 0.308. The molecule has 20 heavy (non-hydrogen) atoms. The van der Waals surface area contributed by atoms with Gasteiger partial charge in [0.15, 0.2) is 0 Å². The number of carbonyl (C=O) groups is 1. The molecule has 7 heteroatoms. The van der Waals surface area contributed by atoms with E-state index in [0.29, 0.717) is 0 Å². The van der Waals surface area contributed by atoms with E-state index >= 15 is 0 Å². The molecule has 0 amide bonds. The van der Waals surface area contributed by atoms with E-state index < -0.39 is 21.8 Å². The van der Waals surface area contributed by atoms with Crippen molar-refractivity contribution in [3.8, 4) is 0 Å². The molecule has 5 nitrogen and oxygen atoms in total. The molecule has 1 N–H and O–H groups in total. The summed E-state index contributed by atoms with van der Waals surface area (Å²) in [5.74, 6) is -2.04. The van der Waals surface area contributed by atoms with Gasteiger partial charge >= 0.3 is 5.97 Å². The molecule has 1 saturated carbocycles. The molecule has 108 valence electrons. The third kappa shape index (κ3) is 3.05. The first-order valence-corrected chi connectivity index (χ1v) is 7.45. The average molecular weight is 299 g/mol. The van der Waals surface area contributed by atoms with Crippen LogP contribution >= 0.6 is 0 Å². The molecule has 0 aliphatic heterocycles. The fourth-order valence-electron chi connectivity index (χ4n) is 1.79. The van der Waals surface area contributed by atoms with Crippen LogP contribution in [0, 0.1) is 5.82 Å². The van der Waals surface area contributed by atoms with E-state index in [4.69, 9.17) is 5.11 Å². The largest absolute Gasteiger partial charge is 0.478 e. The summed E-state index contributed by atoms with van der Waals surface area (Å²) in [5, 5.41) is 8.49. The van der Waals surface area contributed by atoms with Gasteiger partial charge in [0.2, 0.25) is 10.0 Å². The van der Waals surface area contributed by atoms with Gasteiger partial charge in [-0.3, -0.25) is 0 Å². The molecule has 0 spiro atoms. The number of halogens is 1. The van der Waals surface area contributed by atoms with Crippen LogP contribution in [0.2, 0.25) is 0 Å². The van der Waals surface area contributed by atoms with Gasteiger partial charge in [-0.2, -0.15) is 4.31 Å². The highest BCUT2D eigenvalue weighted by atomic mass is 32.2. The van der Waals surface area contributed by atoms with E-state index in [0.717, 1.165) is 31.1 Å². The average Bonchev–Trinajstić information content (AvgIpc) is 3.19. The van der Waals surface area contributed by atoms with E-state index in [2.05, 4.69) is 0 Å². The van der Waals surface area contributed by atoms with Crippen LogP contribution in [0.1, 0.15) is 18.4 Å². The second-order valence-electron chi connectivity index (χ2n) is 4.61. The molecule has 0 saturated heterocycles. The highest BCUT2D eigenvalue weighted by Crippen LogP contribution is 2.31. The molecule has 1 aromatic rings. The first-order chi connectivity index (χ1) is 9.32. The molecular formula is C13H14FNO4S. The van der Waals surface area contributed by atoms with Gasteiger partial charge in [0, 0.05) is 19.2 Å². The van der Waals surface area contributed by atoms with Crippen molar-refractivity contribution in [1.82, 2.24) is 4.31 Å². The Hall–Kier alpha value is -1.73. The summed E-state index contributed by atoms with van der Waals surface area (Å²) in [7, 11) is -2.40. The lowest BCUT2D eigenvalue weighted by Gasteiger charge is -2.16. The van der Waals surface area contributed by atoms with Crippen molar-refractivity contribution >= 4 is 22.1 Å². The minimum atomic E-state index is -3.84. The molecule has 1 fully saturated rings. The normalized spacial score (nSPS) is 15.9. The van der Waals surface area contributed by atoms with Crippen LogP contribution < -0.4 is 0 Å². The Labute approximate surface area is 116 Å². The quantitative estimate of drug-likeness (QED) is 0.840. The highest BCUT2D eigenvalue weighted by Gasteiger charge is 2.36. The van der Waals surface area contributed by atoms with E-state index in [9.17, 15) is 17.6 Å². The summed E-state index contributed by atoms with van der Waals surface area (Å²) in [4.78, 5) is 9.98. The molecule has 2 rings (SSSR count). The van der Waals surface area contributed by atoms with Crippen LogP contribution in [-0.4, -0.2) is 36.9 Å². The number of carboxylic acids is 1. The molecule has 0 atom stereocenters. The van der Waals surface area contributed by atoms with Crippen LogP contribution in [0.4, 0.5) is 4.39 Å². The first kappa shape index (κ1) is 14.7. The van der Waals surface area contributed by atoms with Gasteiger partial charge in [-0.1, -0.05) is 6.07 Å². The third-order valence-corrected chi connectivity index (χ3v) is 5.04. The zero-order chi connectivity index (χ0) is 14.9. The summed E-state index contributed by atoms with van der Waals surface area (Å²) >= 11 is 0. The summed E-state index contributed by atoms with van der Waals surface area (Å²) in [6.45, 7) is 0. The fourth-order valence-corrected chi connectivity index (χ4v) is 3.25. The van der Waals surface area contributed by atoms with Crippen LogP contribution in [0.5, 0.6) is 0 Å². The van der Waals surface area contributed by atoms with E-state index in [1.807, 2.05) is 0 Å². The van der Waals surface area contributed by atoms with Crippen molar-refractivity contribution in [2.24, 2.45) is 0 Å². The van der Waals surface area contributed by atoms with Crippen LogP contribution in [-0.2, 0) is 14.8 Å². The maximum atomic E-state index is 13.9. The Kier molecular flexibility index (Phi) is 3.92. The second kappa shape index (κ2) is 5.34. The molecule has 0 heterocycles. The van der Waals surface area contributed by atoms with Crippen molar-refractivity contribution < 1.29 is 22.7 Å². The Morgan fingerprint density at radius 2 is 2.10 bits per heavy atom. The smallest absolute Gasteiger partial charge is 0.328 e. The monoisotopic (exact) mass is 299 g/mol. The Bertz CT molecular complexity index is 665. The molecule has 1 aliphatic carbocycles. The number of hydrogen-bond acceptors (Lipinski definition) is 3. The Morgan fingerprint density at radius 3 is 2.60 bits per heavy atom. The number of sulfonamides is 1. The van der Waals surface area contributed by atoms with Crippen molar-refractivity contribution in [3.63, 3.8) is 0 Å². The first-order valence-electron chi connectivity index (χ1n) is 6.01. The lowest BCUT2D eigenvalue weighted by Crippen LogP contribution is -2.29. The number of nitrogens with zero attached hydrogens (tertiary/aromatic N) is 1. The van der Waals surface area contributed by atoms with E-state index in [-0.39, 0.29) is 16.5 Å². The molecule has 1 aliphatic rings. The summed E-state index contributed by atoms with van der Waals surface area (Å²) in [5.41, 5.74) is 0.290. The molecule has 0 aromatic heterocycles. The van der Waals surface area contributed by atoms with Crippen molar-refractivity contribution in [1.29, 1.82) is 0 Å². The zero-order valence-electron chi connectivity index (χ0n) is 10.8. The summed E-state index contributed by atoms with van der Waals surface area (Å²) in [6, 6.07) is 3.49. The van der Waals surface area contributed by atoms with Crippen molar-refractivity contribution in [2.75, 3.05) is 7.05 Å². The predicted octanol–water partition coefficient (Wildman–Crippen LogP) is 1.71. The Balaban J connectivity index is 2.32. The predicted molar refractivity (Wildman–Crippen MR) is 71.0 cm³/mol. The van der Waals surface area contributed by atoms with Gasteiger partial charge in [-0.15, -0.1) is 0 Å². The molecule has 0 bridgehead atoms. The molecular weight excluding hydrogens is 285 g/mol.